The minimum atomic E-state index is -0.966. The van der Waals surface area contributed by atoms with Crippen LogP contribution in [0.25, 0.3) is 0 Å². The zero-order valence-electron chi connectivity index (χ0n) is 9.47. The van der Waals surface area contributed by atoms with Crippen LogP contribution in [0, 0.1) is 0 Å². The van der Waals surface area contributed by atoms with E-state index >= 15 is 0 Å². The van der Waals surface area contributed by atoms with E-state index < -0.39 is 17.8 Å². The maximum absolute atomic E-state index is 11.6. The zero-order chi connectivity index (χ0) is 12.3. The van der Waals surface area contributed by atoms with E-state index in [2.05, 4.69) is 0 Å². The van der Waals surface area contributed by atoms with Crippen molar-refractivity contribution in [1.82, 2.24) is 9.80 Å². The number of hydrogen-bond acceptors (Lipinski definition) is 3. The topological polar surface area (TPSA) is 77.9 Å². The Labute approximate surface area is 93.8 Å². The number of amides is 2. The van der Waals surface area contributed by atoms with Gasteiger partial charge in [-0.05, 0) is 13.8 Å². The van der Waals surface area contributed by atoms with Gasteiger partial charge >= 0.3 is 17.8 Å². The minimum absolute atomic E-state index is 0.00178. The summed E-state index contributed by atoms with van der Waals surface area (Å²) in [5.74, 6) is -2.10. The second-order valence-corrected chi connectivity index (χ2v) is 4.03. The number of carbonyl (C=O) groups is 3. The van der Waals surface area contributed by atoms with Crippen LogP contribution in [0.4, 0.5) is 0 Å². The summed E-state index contributed by atoms with van der Waals surface area (Å²) in [6.45, 7) is 4.68. The fourth-order valence-electron chi connectivity index (χ4n) is 1.63. The lowest BCUT2D eigenvalue weighted by molar-refractivity contribution is -0.157. The molecule has 1 rings (SSSR count). The first-order valence-corrected chi connectivity index (χ1v) is 5.25. The lowest BCUT2D eigenvalue weighted by Gasteiger charge is -2.35. The third-order valence-corrected chi connectivity index (χ3v) is 2.56. The van der Waals surface area contributed by atoms with Crippen LogP contribution in [0.1, 0.15) is 20.3 Å². The van der Waals surface area contributed by atoms with Crippen LogP contribution in [0.5, 0.6) is 0 Å². The molecule has 0 unspecified atom stereocenters. The second-order valence-electron chi connectivity index (χ2n) is 4.03. The molecule has 1 fully saturated rings. The lowest BCUT2D eigenvalue weighted by Crippen LogP contribution is -2.56. The minimum Gasteiger partial charge on any atom is -0.481 e. The molecule has 0 atom stereocenters. The number of carbonyl (C=O) groups excluding carboxylic acids is 2. The van der Waals surface area contributed by atoms with E-state index in [1.54, 1.807) is 0 Å². The van der Waals surface area contributed by atoms with E-state index in [4.69, 9.17) is 5.11 Å². The Balaban J connectivity index is 2.58. The summed E-state index contributed by atoms with van der Waals surface area (Å²) in [5, 5.41) is 8.50. The van der Waals surface area contributed by atoms with Crippen LogP contribution < -0.4 is 0 Å². The number of nitrogens with zero attached hydrogens (tertiary/aromatic N) is 2. The molecule has 0 radical (unpaired) electrons. The number of piperazine rings is 1. The van der Waals surface area contributed by atoms with E-state index in [1.807, 2.05) is 13.8 Å². The van der Waals surface area contributed by atoms with Crippen LogP contribution in [-0.2, 0) is 14.4 Å². The highest BCUT2D eigenvalue weighted by Gasteiger charge is 2.33. The molecule has 0 spiro atoms. The van der Waals surface area contributed by atoms with E-state index in [0.717, 1.165) is 0 Å². The smallest absolute Gasteiger partial charge is 0.312 e. The standard InChI is InChI=1S/C10H16N2O4/c1-7(2)12-6-5-11(4-3-8(13)14)9(15)10(12)16/h7H,3-6H2,1-2H3,(H,13,14). The average molecular weight is 228 g/mol. The number of carboxylic acid groups (broad SMARTS) is 1. The Morgan fingerprint density at radius 2 is 1.94 bits per heavy atom. The lowest BCUT2D eigenvalue weighted by atomic mass is 10.2. The van der Waals surface area contributed by atoms with Crippen LogP contribution in [0.2, 0.25) is 0 Å². The highest BCUT2D eigenvalue weighted by molar-refractivity contribution is 6.35. The molecule has 6 heteroatoms. The summed E-state index contributed by atoms with van der Waals surface area (Å²) < 4.78 is 0. The van der Waals surface area contributed by atoms with Crippen molar-refractivity contribution in [2.24, 2.45) is 0 Å². The Bertz CT molecular complexity index is 314. The Hall–Kier alpha value is -1.59. The monoisotopic (exact) mass is 228 g/mol. The van der Waals surface area contributed by atoms with E-state index in [1.165, 1.54) is 9.80 Å². The maximum Gasteiger partial charge on any atom is 0.312 e. The normalized spacial score (nSPS) is 17.2. The molecule has 1 saturated heterocycles. The fraction of sp³-hybridized carbons (Fsp3) is 0.700. The first-order chi connectivity index (χ1) is 7.43. The predicted molar refractivity (Wildman–Crippen MR) is 55.7 cm³/mol. The molecule has 1 aliphatic rings. The first kappa shape index (κ1) is 12.5. The van der Waals surface area contributed by atoms with Crippen LogP contribution in [0.15, 0.2) is 0 Å². The van der Waals surface area contributed by atoms with Gasteiger partial charge in [-0.1, -0.05) is 0 Å². The summed E-state index contributed by atoms with van der Waals surface area (Å²) in [7, 11) is 0. The number of hydrogen-bond donors (Lipinski definition) is 1. The number of rotatable bonds is 4. The summed E-state index contributed by atoms with van der Waals surface area (Å²) >= 11 is 0. The molecule has 0 aliphatic carbocycles. The third-order valence-electron chi connectivity index (χ3n) is 2.56. The SMILES string of the molecule is CC(C)N1CCN(CCC(=O)O)C(=O)C1=O. The van der Waals surface area contributed by atoms with Crippen LogP contribution in [-0.4, -0.2) is 58.4 Å². The molecule has 90 valence electrons. The molecule has 2 amide bonds. The Morgan fingerprint density at radius 1 is 1.31 bits per heavy atom. The van der Waals surface area contributed by atoms with Gasteiger partial charge in [-0.25, -0.2) is 0 Å². The molecule has 0 aromatic heterocycles. The van der Waals surface area contributed by atoms with Gasteiger partial charge < -0.3 is 14.9 Å². The zero-order valence-corrected chi connectivity index (χ0v) is 9.47. The van der Waals surface area contributed by atoms with Gasteiger partial charge in [-0.3, -0.25) is 14.4 Å². The molecule has 0 aromatic carbocycles. The van der Waals surface area contributed by atoms with Gasteiger partial charge in [0, 0.05) is 25.7 Å². The summed E-state index contributed by atoms with van der Waals surface area (Å²) in [5.41, 5.74) is 0. The molecule has 1 heterocycles. The van der Waals surface area contributed by atoms with Gasteiger partial charge in [0.15, 0.2) is 0 Å². The van der Waals surface area contributed by atoms with E-state index in [0.29, 0.717) is 13.1 Å². The maximum atomic E-state index is 11.6. The van der Waals surface area contributed by atoms with Crippen molar-refractivity contribution in [3.63, 3.8) is 0 Å². The largest absolute Gasteiger partial charge is 0.481 e. The summed E-state index contributed by atoms with van der Waals surface area (Å²) in [4.78, 5) is 36.4. The van der Waals surface area contributed by atoms with E-state index in [9.17, 15) is 14.4 Å². The quantitative estimate of drug-likeness (QED) is 0.660. The molecular formula is C10H16N2O4. The fourth-order valence-corrected chi connectivity index (χ4v) is 1.63. The molecule has 0 saturated carbocycles. The van der Waals surface area contributed by atoms with Gasteiger partial charge in [0.1, 0.15) is 0 Å². The summed E-state index contributed by atoms with van der Waals surface area (Å²) in [6.07, 6.45) is -0.124. The molecule has 16 heavy (non-hydrogen) atoms. The number of aliphatic carboxylic acids is 1. The molecule has 0 aromatic rings. The van der Waals surface area contributed by atoms with Crippen molar-refractivity contribution < 1.29 is 19.5 Å². The number of carboxylic acids is 1. The van der Waals surface area contributed by atoms with Crippen molar-refractivity contribution in [3.8, 4) is 0 Å². The van der Waals surface area contributed by atoms with Crippen molar-refractivity contribution in [3.05, 3.63) is 0 Å². The van der Waals surface area contributed by atoms with Gasteiger partial charge in [-0.2, -0.15) is 0 Å². The average Bonchev–Trinajstić information content (AvgIpc) is 2.19. The van der Waals surface area contributed by atoms with Crippen molar-refractivity contribution in [2.45, 2.75) is 26.3 Å². The van der Waals surface area contributed by atoms with Crippen LogP contribution >= 0.6 is 0 Å². The molecule has 1 aliphatic heterocycles. The van der Waals surface area contributed by atoms with E-state index in [-0.39, 0.29) is 19.0 Å². The second kappa shape index (κ2) is 4.96. The molecular weight excluding hydrogens is 212 g/mol. The molecule has 6 nitrogen and oxygen atoms in total. The van der Waals surface area contributed by atoms with Gasteiger partial charge in [0.2, 0.25) is 0 Å². The van der Waals surface area contributed by atoms with Gasteiger partial charge in [-0.15, -0.1) is 0 Å². The first-order valence-electron chi connectivity index (χ1n) is 5.25. The Morgan fingerprint density at radius 3 is 2.44 bits per heavy atom. The highest BCUT2D eigenvalue weighted by atomic mass is 16.4. The molecule has 1 N–H and O–H groups in total. The predicted octanol–water partition coefficient (Wildman–Crippen LogP) is -0.460. The van der Waals surface area contributed by atoms with Crippen molar-refractivity contribution in [1.29, 1.82) is 0 Å². The van der Waals surface area contributed by atoms with Crippen molar-refractivity contribution in [2.75, 3.05) is 19.6 Å². The Kier molecular flexibility index (Phi) is 3.87. The van der Waals surface area contributed by atoms with Gasteiger partial charge in [0.05, 0.1) is 6.42 Å². The molecule has 0 bridgehead atoms. The summed E-state index contributed by atoms with van der Waals surface area (Å²) in [6, 6.07) is -0.00178. The highest BCUT2D eigenvalue weighted by Crippen LogP contribution is 2.09. The third kappa shape index (κ3) is 2.71. The van der Waals surface area contributed by atoms with Gasteiger partial charge in [0.25, 0.3) is 0 Å². The van der Waals surface area contributed by atoms with Crippen LogP contribution in [0.3, 0.4) is 0 Å². The van der Waals surface area contributed by atoms with Crippen molar-refractivity contribution >= 4 is 17.8 Å².